The van der Waals surface area contributed by atoms with Crippen molar-refractivity contribution in [2.75, 3.05) is 26.7 Å². The molecule has 1 saturated heterocycles. The molecule has 5 atom stereocenters. The fourth-order valence-electron chi connectivity index (χ4n) is 7.00. The fourth-order valence-corrected chi connectivity index (χ4v) is 7.78. The molecule has 0 aliphatic carbocycles. The number of benzene rings is 1. The number of rotatable bonds is 18. The molecular formula is C43H57N9O6S. The molecule has 16 heteroatoms. The van der Waals surface area contributed by atoms with Gasteiger partial charge < -0.3 is 30.3 Å². The molecule has 1 fully saturated rings. The predicted molar refractivity (Wildman–Crippen MR) is 225 cm³/mol. The number of aryl methyl sites for hydroxylation is 1. The summed E-state index contributed by atoms with van der Waals surface area (Å²) >= 11 is 1.40. The molecule has 0 radical (unpaired) electrons. The maximum absolute atomic E-state index is 14.5. The smallest absolute Gasteiger partial charge is 0.407 e. The number of nitrogens with zero attached hydrogens (tertiary/aromatic N) is 6. The summed E-state index contributed by atoms with van der Waals surface area (Å²) < 4.78 is 4.82. The standard InChI is InChI=1S/C43H57N9O6S/c1-8-28(2)36(52-22-21-50(42(52)57)24-31-18-14-15-29(3)45-31)38(54)47-34(23-30-16-10-9-11-17-30)35(53)26-51(49-39(55)37(43(4,5)6)48-41(56)58-7)25-32-27-59-40(46-32)33-19-12-13-20-44-33/h9-20,27-28,34-37,53H,8,21-26H2,1-7H3,(H,47,54)(H,48,56)(H,49,55). The molecule has 0 spiro atoms. The molecule has 4 aromatic rings. The SMILES string of the molecule is CCC(C)C(C(=O)NC(Cc1ccccc1)C(O)CN(Cc1csc(-c2ccccn2)n1)NC(=O)C(NC(=O)OC)C(C)(C)C)N1CCN(Cc2cccc(C)n2)C1=O. The molecule has 0 bridgehead atoms. The lowest BCUT2D eigenvalue weighted by Crippen LogP contribution is -2.60. The second-order valence-corrected chi connectivity index (χ2v) is 16.9. The molecule has 5 rings (SSSR count). The molecule has 1 aromatic carbocycles. The molecule has 4 N–H and O–H groups in total. The average molecular weight is 828 g/mol. The number of carbonyl (C=O) groups is 4. The minimum absolute atomic E-state index is 0.0800. The fraction of sp³-hybridized carbons (Fsp3) is 0.465. The van der Waals surface area contributed by atoms with Gasteiger partial charge in [-0.25, -0.2) is 19.6 Å². The van der Waals surface area contributed by atoms with Crippen molar-refractivity contribution in [3.05, 3.63) is 101 Å². The Morgan fingerprint density at radius 2 is 1.71 bits per heavy atom. The van der Waals surface area contributed by atoms with Gasteiger partial charge in [-0.2, -0.15) is 0 Å². The molecule has 5 amide bonds. The molecule has 1 aliphatic heterocycles. The van der Waals surface area contributed by atoms with Gasteiger partial charge in [0.15, 0.2) is 0 Å². The number of aromatic nitrogens is 3. The Labute approximate surface area is 350 Å². The van der Waals surface area contributed by atoms with Crippen molar-refractivity contribution in [3.8, 4) is 10.7 Å². The van der Waals surface area contributed by atoms with Crippen molar-refractivity contribution < 1.29 is 29.0 Å². The first-order chi connectivity index (χ1) is 28.2. The molecule has 15 nitrogen and oxygen atoms in total. The van der Waals surface area contributed by atoms with E-state index in [9.17, 15) is 24.3 Å². The number of carbonyl (C=O) groups excluding carboxylic acids is 4. The Morgan fingerprint density at radius 1 is 0.966 bits per heavy atom. The van der Waals surface area contributed by atoms with Crippen molar-refractivity contribution in [2.24, 2.45) is 11.3 Å². The molecular weight excluding hydrogens is 771 g/mol. The normalized spacial score (nSPS) is 15.6. The number of ether oxygens (including phenoxy) is 1. The van der Waals surface area contributed by atoms with Gasteiger partial charge >= 0.3 is 12.1 Å². The van der Waals surface area contributed by atoms with E-state index in [0.717, 1.165) is 17.0 Å². The summed E-state index contributed by atoms with van der Waals surface area (Å²) in [6, 6.07) is 17.9. The Hall–Kier alpha value is -5.45. The number of hydrogen-bond acceptors (Lipinski definition) is 11. The summed E-state index contributed by atoms with van der Waals surface area (Å²) in [7, 11) is 1.22. The van der Waals surface area contributed by atoms with Crippen LogP contribution in [-0.4, -0.2) is 110 Å². The van der Waals surface area contributed by atoms with E-state index in [-0.39, 0.29) is 37.4 Å². The van der Waals surface area contributed by atoms with E-state index in [1.165, 1.54) is 18.4 Å². The molecule has 3 aromatic heterocycles. The van der Waals surface area contributed by atoms with E-state index < -0.39 is 41.6 Å². The topological polar surface area (TPSA) is 182 Å². The van der Waals surface area contributed by atoms with Crippen molar-refractivity contribution in [1.29, 1.82) is 0 Å². The van der Waals surface area contributed by atoms with Gasteiger partial charge in [-0.1, -0.05) is 83.5 Å². The Balaban J connectivity index is 1.41. The number of nitrogens with one attached hydrogen (secondary N) is 3. The number of hydrogen-bond donors (Lipinski definition) is 4. The third-order valence-electron chi connectivity index (χ3n) is 10.3. The molecule has 316 valence electrons. The average Bonchev–Trinajstić information content (AvgIpc) is 3.82. The second-order valence-electron chi connectivity index (χ2n) is 16.0. The Morgan fingerprint density at radius 3 is 2.37 bits per heavy atom. The summed E-state index contributed by atoms with van der Waals surface area (Å²) in [5, 5.41) is 22.0. The van der Waals surface area contributed by atoms with E-state index in [1.807, 2.05) is 114 Å². The third kappa shape index (κ3) is 12.3. The highest BCUT2D eigenvalue weighted by atomic mass is 32.1. The lowest BCUT2D eigenvalue weighted by Gasteiger charge is -2.36. The van der Waals surface area contributed by atoms with E-state index in [0.29, 0.717) is 42.5 Å². The van der Waals surface area contributed by atoms with Crippen LogP contribution in [-0.2, 0) is 33.8 Å². The number of methoxy groups -OCH3 is 1. The van der Waals surface area contributed by atoms with Gasteiger partial charge in [-0.3, -0.25) is 25.0 Å². The third-order valence-corrected chi connectivity index (χ3v) is 11.3. The molecule has 4 heterocycles. The molecule has 1 aliphatic rings. The summed E-state index contributed by atoms with van der Waals surface area (Å²) in [6.45, 7) is 12.4. The quantitative estimate of drug-likeness (QED) is 0.100. The minimum atomic E-state index is -1.23. The monoisotopic (exact) mass is 827 g/mol. The van der Waals surface area contributed by atoms with Crippen LogP contribution < -0.4 is 16.1 Å². The number of pyridine rings is 2. The van der Waals surface area contributed by atoms with Gasteiger partial charge in [0, 0.05) is 36.9 Å². The number of thiazole rings is 1. The summed E-state index contributed by atoms with van der Waals surface area (Å²) in [4.78, 5) is 71.8. The second kappa shape index (κ2) is 20.5. The minimum Gasteiger partial charge on any atom is -0.453 e. The van der Waals surface area contributed by atoms with Crippen LogP contribution in [0.25, 0.3) is 10.7 Å². The van der Waals surface area contributed by atoms with Crippen molar-refractivity contribution in [2.45, 2.75) is 91.7 Å². The highest BCUT2D eigenvalue weighted by Gasteiger charge is 2.41. The van der Waals surface area contributed by atoms with Gasteiger partial charge in [0.05, 0.1) is 49.4 Å². The van der Waals surface area contributed by atoms with E-state index in [2.05, 4.69) is 26.0 Å². The lowest BCUT2D eigenvalue weighted by atomic mass is 9.86. The van der Waals surface area contributed by atoms with Crippen LogP contribution in [0.2, 0.25) is 0 Å². The first-order valence-electron chi connectivity index (χ1n) is 19.9. The van der Waals surface area contributed by atoms with Crippen molar-refractivity contribution >= 4 is 35.3 Å². The highest BCUT2D eigenvalue weighted by molar-refractivity contribution is 7.13. The van der Waals surface area contributed by atoms with Crippen LogP contribution in [0, 0.1) is 18.3 Å². The van der Waals surface area contributed by atoms with E-state index in [4.69, 9.17) is 9.72 Å². The van der Waals surface area contributed by atoms with Gasteiger partial charge in [0.2, 0.25) is 5.91 Å². The summed E-state index contributed by atoms with van der Waals surface area (Å²) in [6.07, 6.45) is 0.586. The van der Waals surface area contributed by atoms with Crippen LogP contribution >= 0.6 is 11.3 Å². The van der Waals surface area contributed by atoms with Crippen molar-refractivity contribution in [3.63, 3.8) is 0 Å². The van der Waals surface area contributed by atoms with Gasteiger partial charge in [-0.15, -0.1) is 11.3 Å². The summed E-state index contributed by atoms with van der Waals surface area (Å²) in [5.74, 6) is -1.11. The number of urea groups is 1. The summed E-state index contributed by atoms with van der Waals surface area (Å²) in [5.41, 5.74) is 6.00. The number of hydrazine groups is 1. The zero-order valence-electron chi connectivity index (χ0n) is 34.9. The highest BCUT2D eigenvalue weighted by Crippen LogP contribution is 2.25. The predicted octanol–water partition coefficient (Wildman–Crippen LogP) is 4.95. The van der Waals surface area contributed by atoms with Gasteiger partial charge in [-0.05, 0) is 54.5 Å². The lowest BCUT2D eigenvalue weighted by molar-refractivity contribution is -0.132. The first-order valence-corrected chi connectivity index (χ1v) is 20.8. The number of alkyl carbamates (subject to hydrolysis) is 1. The van der Waals surface area contributed by atoms with Crippen LogP contribution in [0.1, 0.15) is 63.7 Å². The largest absolute Gasteiger partial charge is 0.453 e. The Kier molecular flexibility index (Phi) is 15.5. The zero-order chi connectivity index (χ0) is 42.7. The maximum atomic E-state index is 14.5. The molecule has 0 saturated carbocycles. The van der Waals surface area contributed by atoms with E-state index >= 15 is 0 Å². The van der Waals surface area contributed by atoms with Gasteiger partial charge in [0.25, 0.3) is 5.91 Å². The van der Waals surface area contributed by atoms with Crippen LogP contribution in [0.4, 0.5) is 9.59 Å². The van der Waals surface area contributed by atoms with Crippen LogP contribution in [0.5, 0.6) is 0 Å². The van der Waals surface area contributed by atoms with E-state index in [1.54, 1.807) is 21.0 Å². The first kappa shape index (κ1) is 44.6. The molecule has 5 unspecified atom stereocenters. The Bertz CT molecular complexity index is 2010. The van der Waals surface area contributed by atoms with Crippen LogP contribution in [0.3, 0.4) is 0 Å². The van der Waals surface area contributed by atoms with Crippen molar-refractivity contribution in [1.82, 2.24) is 45.8 Å². The maximum Gasteiger partial charge on any atom is 0.407 e. The number of aliphatic hydroxyl groups excluding tert-OH is 1. The number of amides is 5. The molecule has 59 heavy (non-hydrogen) atoms. The zero-order valence-corrected chi connectivity index (χ0v) is 35.7. The number of aliphatic hydroxyl groups is 1. The van der Waals surface area contributed by atoms with Gasteiger partial charge in [0.1, 0.15) is 17.1 Å². The van der Waals surface area contributed by atoms with Crippen LogP contribution in [0.15, 0.2) is 78.3 Å².